The summed E-state index contributed by atoms with van der Waals surface area (Å²) in [5.41, 5.74) is -1.27. The van der Waals surface area contributed by atoms with Gasteiger partial charge in [0.15, 0.2) is 0 Å². The van der Waals surface area contributed by atoms with Gasteiger partial charge >= 0.3 is 6.18 Å². The molecule has 1 aliphatic heterocycles. The van der Waals surface area contributed by atoms with Gasteiger partial charge in [-0.15, -0.1) is 0 Å². The number of nitrogens with zero attached hydrogens (tertiary/aromatic N) is 1. The molecule has 23 heavy (non-hydrogen) atoms. The highest BCUT2D eigenvalue weighted by atomic mass is 79.9. The fourth-order valence-corrected chi connectivity index (χ4v) is 3.55. The van der Waals surface area contributed by atoms with E-state index in [1.807, 2.05) is 25.7 Å². The van der Waals surface area contributed by atoms with E-state index in [4.69, 9.17) is 0 Å². The summed E-state index contributed by atoms with van der Waals surface area (Å²) in [5.74, 6) is -0.321. The molecule has 0 unspecified atom stereocenters. The lowest BCUT2D eigenvalue weighted by Gasteiger charge is -2.43. The van der Waals surface area contributed by atoms with Crippen molar-refractivity contribution in [3.8, 4) is 5.75 Å². The molecule has 130 valence electrons. The monoisotopic (exact) mass is 394 g/mol. The van der Waals surface area contributed by atoms with E-state index < -0.39 is 23.2 Å². The SMILES string of the molecule is CC(C)(C)[C@@H](c1c(C(F)(F)F)ccc(Br)c1O)N1CCNCC1. The number of rotatable bonds is 2. The Hall–Kier alpha value is -0.790. The van der Waals surface area contributed by atoms with Gasteiger partial charge in [-0.1, -0.05) is 20.8 Å². The van der Waals surface area contributed by atoms with Gasteiger partial charge in [0.25, 0.3) is 0 Å². The maximum absolute atomic E-state index is 13.5. The Morgan fingerprint density at radius 2 is 1.74 bits per heavy atom. The van der Waals surface area contributed by atoms with Crippen LogP contribution in [0.15, 0.2) is 16.6 Å². The van der Waals surface area contributed by atoms with Gasteiger partial charge in [-0.2, -0.15) is 13.2 Å². The molecular formula is C16H22BrF3N2O. The van der Waals surface area contributed by atoms with Gasteiger partial charge in [0, 0.05) is 37.8 Å². The fourth-order valence-electron chi connectivity index (χ4n) is 3.21. The third-order valence-corrected chi connectivity index (χ3v) is 4.72. The quantitative estimate of drug-likeness (QED) is 0.789. The van der Waals surface area contributed by atoms with Crippen LogP contribution in [0.2, 0.25) is 0 Å². The molecule has 2 N–H and O–H groups in total. The molecule has 1 atom stereocenters. The molecule has 1 aromatic rings. The first kappa shape index (κ1) is 18.5. The molecule has 0 radical (unpaired) electrons. The maximum atomic E-state index is 13.5. The van der Waals surface area contributed by atoms with Gasteiger partial charge in [-0.3, -0.25) is 4.90 Å². The minimum atomic E-state index is -4.51. The minimum absolute atomic E-state index is 0.0405. The minimum Gasteiger partial charge on any atom is -0.506 e. The van der Waals surface area contributed by atoms with Gasteiger partial charge in [-0.25, -0.2) is 0 Å². The predicted octanol–water partition coefficient (Wildman–Crippen LogP) is 4.17. The third kappa shape index (κ3) is 4.00. The third-order valence-electron chi connectivity index (χ3n) is 4.08. The lowest BCUT2D eigenvalue weighted by Crippen LogP contribution is -2.48. The van der Waals surface area contributed by atoms with Crippen molar-refractivity contribution in [2.24, 2.45) is 5.41 Å². The second-order valence-corrected chi connectivity index (χ2v) is 7.76. The summed E-state index contributed by atoms with van der Waals surface area (Å²) in [4.78, 5) is 2.02. The van der Waals surface area contributed by atoms with Gasteiger partial charge in [-0.05, 0) is 33.5 Å². The lowest BCUT2D eigenvalue weighted by molar-refractivity contribution is -0.139. The van der Waals surface area contributed by atoms with E-state index in [0.29, 0.717) is 13.1 Å². The van der Waals surface area contributed by atoms with E-state index in [0.717, 1.165) is 19.2 Å². The zero-order valence-corrected chi connectivity index (χ0v) is 15.1. The van der Waals surface area contributed by atoms with Crippen molar-refractivity contribution in [3.05, 3.63) is 27.7 Å². The first-order valence-electron chi connectivity index (χ1n) is 7.57. The van der Waals surface area contributed by atoms with Crippen LogP contribution in [0.5, 0.6) is 5.75 Å². The van der Waals surface area contributed by atoms with Crippen LogP contribution in [-0.4, -0.2) is 36.2 Å². The number of piperazine rings is 1. The molecule has 1 saturated heterocycles. The number of benzene rings is 1. The molecule has 7 heteroatoms. The van der Waals surface area contributed by atoms with Crippen molar-refractivity contribution >= 4 is 15.9 Å². The van der Waals surface area contributed by atoms with Crippen molar-refractivity contribution in [3.63, 3.8) is 0 Å². The van der Waals surface area contributed by atoms with E-state index >= 15 is 0 Å². The van der Waals surface area contributed by atoms with Gasteiger partial charge in [0.2, 0.25) is 0 Å². The fraction of sp³-hybridized carbons (Fsp3) is 0.625. The lowest BCUT2D eigenvalue weighted by atomic mass is 9.78. The molecule has 0 aliphatic carbocycles. The molecule has 0 saturated carbocycles. The summed E-state index contributed by atoms with van der Waals surface area (Å²) in [6, 6.07) is 1.76. The number of hydrogen-bond acceptors (Lipinski definition) is 3. The summed E-state index contributed by atoms with van der Waals surface area (Å²) in [6.45, 7) is 8.45. The van der Waals surface area contributed by atoms with Crippen molar-refractivity contribution in [2.45, 2.75) is 33.0 Å². The Balaban J connectivity index is 2.64. The molecule has 1 aromatic carbocycles. The van der Waals surface area contributed by atoms with Crippen molar-refractivity contribution in [1.82, 2.24) is 10.2 Å². The molecule has 1 heterocycles. The molecule has 1 aliphatic rings. The van der Waals surface area contributed by atoms with Crippen LogP contribution in [0.1, 0.15) is 37.9 Å². The zero-order chi connectivity index (χ0) is 17.4. The van der Waals surface area contributed by atoms with Gasteiger partial charge in [0.05, 0.1) is 10.0 Å². The summed E-state index contributed by atoms with van der Waals surface area (Å²) < 4.78 is 40.8. The normalized spacial score (nSPS) is 18.9. The molecular weight excluding hydrogens is 373 g/mol. The van der Waals surface area contributed by atoms with E-state index in [2.05, 4.69) is 21.2 Å². The summed E-state index contributed by atoms with van der Waals surface area (Å²) in [5, 5.41) is 13.6. The number of alkyl halides is 3. The van der Waals surface area contributed by atoms with Crippen LogP contribution in [0, 0.1) is 5.41 Å². The van der Waals surface area contributed by atoms with Crippen LogP contribution in [-0.2, 0) is 6.18 Å². The zero-order valence-electron chi connectivity index (χ0n) is 13.5. The van der Waals surface area contributed by atoms with Crippen molar-refractivity contribution in [2.75, 3.05) is 26.2 Å². The molecule has 0 spiro atoms. The Labute approximate surface area is 143 Å². The highest BCUT2D eigenvalue weighted by Gasteiger charge is 2.42. The number of phenolic OH excluding ortho intramolecular Hbond substituents is 1. The van der Waals surface area contributed by atoms with Crippen LogP contribution in [0.3, 0.4) is 0 Å². The second kappa shape index (κ2) is 6.61. The molecule has 1 fully saturated rings. The van der Waals surface area contributed by atoms with E-state index in [1.165, 1.54) is 6.07 Å². The molecule has 0 aromatic heterocycles. The molecule has 0 bridgehead atoms. The number of phenols is 1. The van der Waals surface area contributed by atoms with Crippen molar-refractivity contribution in [1.29, 1.82) is 0 Å². The smallest absolute Gasteiger partial charge is 0.416 e. The first-order chi connectivity index (χ1) is 10.5. The van der Waals surface area contributed by atoms with Gasteiger partial charge < -0.3 is 10.4 Å². The number of halogens is 4. The number of aromatic hydroxyl groups is 1. The van der Waals surface area contributed by atoms with E-state index in [9.17, 15) is 18.3 Å². The number of hydrogen-bond donors (Lipinski definition) is 2. The van der Waals surface area contributed by atoms with Crippen LogP contribution >= 0.6 is 15.9 Å². The largest absolute Gasteiger partial charge is 0.506 e. The summed E-state index contributed by atoms with van der Waals surface area (Å²) in [6.07, 6.45) is -4.51. The average molecular weight is 395 g/mol. The predicted molar refractivity (Wildman–Crippen MR) is 87.4 cm³/mol. The Kier molecular flexibility index (Phi) is 5.33. The Morgan fingerprint density at radius 1 is 1.17 bits per heavy atom. The van der Waals surface area contributed by atoms with Crippen LogP contribution in [0.25, 0.3) is 0 Å². The van der Waals surface area contributed by atoms with E-state index in [1.54, 1.807) is 0 Å². The first-order valence-corrected chi connectivity index (χ1v) is 8.36. The van der Waals surface area contributed by atoms with Gasteiger partial charge in [0.1, 0.15) is 5.75 Å². The molecule has 3 nitrogen and oxygen atoms in total. The molecule has 0 amide bonds. The average Bonchev–Trinajstić information content (AvgIpc) is 2.42. The standard InChI is InChI=1S/C16H22BrF3N2O/c1-15(2,3)14(22-8-6-21-7-9-22)12-10(16(18,19)20)4-5-11(17)13(12)23/h4-5,14,21,23H,6-9H2,1-3H3/t14-/m1/s1. The van der Waals surface area contributed by atoms with Crippen LogP contribution in [0.4, 0.5) is 13.2 Å². The second-order valence-electron chi connectivity index (χ2n) is 6.91. The topological polar surface area (TPSA) is 35.5 Å². The molecule has 2 rings (SSSR count). The highest BCUT2D eigenvalue weighted by Crippen LogP contribution is 2.49. The Bertz CT molecular complexity index is 564. The number of nitrogens with one attached hydrogen (secondary N) is 1. The highest BCUT2D eigenvalue weighted by molar-refractivity contribution is 9.10. The maximum Gasteiger partial charge on any atom is 0.416 e. The summed E-state index contributed by atoms with van der Waals surface area (Å²) >= 11 is 3.16. The summed E-state index contributed by atoms with van der Waals surface area (Å²) in [7, 11) is 0. The Morgan fingerprint density at radius 3 is 2.22 bits per heavy atom. The van der Waals surface area contributed by atoms with E-state index in [-0.39, 0.29) is 15.8 Å². The van der Waals surface area contributed by atoms with Crippen molar-refractivity contribution < 1.29 is 18.3 Å². The van der Waals surface area contributed by atoms with Crippen LogP contribution < -0.4 is 5.32 Å².